The first kappa shape index (κ1) is 8.91. The number of phenols is 1. The lowest BCUT2D eigenvalue weighted by molar-refractivity contribution is -0.394. The summed E-state index contributed by atoms with van der Waals surface area (Å²) in [5.41, 5.74) is -1.25. The van der Waals surface area contributed by atoms with Crippen LogP contribution < -0.4 is 0 Å². The number of phenolic OH excluding ortho intramolecular Hbond substituents is 1. The smallest absolute Gasteiger partial charge is 0.317 e. The van der Waals surface area contributed by atoms with Crippen LogP contribution in [0.5, 0.6) is 5.75 Å². The molecule has 0 aliphatic carbocycles. The highest BCUT2D eigenvalue weighted by atomic mass is 16.6. The summed E-state index contributed by atoms with van der Waals surface area (Å²) >= 11 is 0. The van der Waals surface area contributed by atoms with Crippen molar-refractivity contribution in [2.45, 2.75) is 0 Å². The van der Waals surface area contributed by atoms with Gasteiger partial charge < -0.3 is 5.11 Å². The van der Waals surface area contributed by atoms with Gasteiger partial charge in [0.05, 0.1) is 22.0 Å². The second kappa shape index (κ2) is 3.05. The summed E-state index contributed by atoms with van der Waals surface area (Å²) in [6.07, 6.45) is 0. The summed E-state index contributed by atoms with van der Waals surface area (Å²) < 4.78 is 0. The first-order chi connectivity index (χ1) is 6.02. The first-order valence-corrected chi connectivity index (χ1v) is 3.06. The van der Waals surface area contributed by atoms with Crippen molar-refractivity contribution in [2.24, 2.45) is 0 Å². The Balaban J connectivity index is 3.27. The van der Waals surface area contributed by atoms with Crippen LogP contribution in [0.1, 0.15) is 0 Å². The Morgan fingerprint density at radius 2 is 1.92 bits per heavy atom. The van der Waals surface area contributed by atoms with Gasteiger partial charge in [-0.15, -0.1) is 0 Å². The molecule has 0 atom stereocenters. The summed E-state index contributed by atoms with van der Waals surface area (Å²) in [4.78, 5) is 18.6. The molecule has 0 unspecified atom stereocenters. The minimum atomic E-state index is -0.907. The number of hydrogen-bond acceptors (Lipinski definition) is 5. The molecule has 0 spiro atoms. The van der Waals surface area contributed by atoms with Gasteiger partial charge >= 0.3 is 5.69 Å². The van der Waals surface area contributed by atoms with Crippen LogP contribution in [0.15, 0.2) is 12.1 Å². The van der Waals surface area contributed by atoms with Crippen molar-refractivity contribution < 1.29 is 15.0 Å². The van der Waals surface area contributed by atoms with Crippen LogP contribution in [0.2, 0.25) is 0 Å². The van der Waals surface area contributed by atoms with Gasteiger partial charge in [-0.2, -0.15) is 0 Å². The van der Waals surface area contributed by atoms with E-state index in [0.29, 0.717) is 6.07 Å². The number of nitro benzene ring substituents is 2. The number of rotatable bonds is 2. The summed E-state index contributed by atoms with van der Waals surface area (Å²) in [6, 6.07) is 3.51. The Morgan fingerprint density at radius 3 is 2.38 bits per heavy atom. The minimum Gasteiger partial charge on any atom is -0.502 e. The number of nitro groups is 2. The maximum atomic E-state index is 10.2. The molecule has 1 N–H and O–H groups in total. The van der Waals surface area contributed by atoms with Crippen molar-refractivity contribution in [3.8, 4) is 5.75 Å². The van der Waals surface area contributed by atoms with Gasteiger partial charge in [0.1, 0.15) is 0 Å². The highest BCUT2D eigenvalue weighted by Crippen LogP contribution is 2.28. The lowest BCUT2D eigenvalue weighted by Crippen LogP contribution is -1.92. The molecule has 0 amide bonds. The molecule has 1 aromatic rings. The Hall–Kier alpha value is -2.18. The monoisotopic (exact) mass is 183 g/mol. The summed E-state index contributed by atoms with van der Waals surface area (Å²) in [5, 5.41) is 29.3. The molecule has 0 saturated carbocycles. The fourth-order valence-electron chi connectivity index (χ4n) is 0.713. The van der Waals surface area contributed by atoms with Gasteiger partial charge in [0, 0.05) is 6.07 Å². The molecule has 1 aromatic carbocycles. The molecule has 0 aliphatic heterocycles. The van der Waals surface area contributed by atoms with Crippen molar-refractivity contribution >= 4 is 11.4 Å². The molecule has 0 fully saturated rings. The molecule has 0 aliphatic rings. The van der Waals surface area contributed by atoms with E-state index in [9.17, 15) is 20.2 Å². The van der Waals surface area contributed by atoms with Crippen LogP contribution in [0.25, 0.3) is 0 Å². The molecule has 7 nitrogen and oxygen atoms in total. The van der Waals surface area contributed by atoms with E-state index in [1.54, 1.807) is 0 Å². The quantitative estimate of drug-likeness (QED) is 0.543. The Labute approximate surface area is 71.5 Å². The number of hydrogen-bond donors (Lipinski definition) is 1. The van der Waals surface area contributed by atoms with E-state index in [0.717, 1.165) is 6.07 Å². The largest absolute Gasteiger partial charge is 0.502 e. The average Bonchev–Trinajstić information content (AvgIpc) is 2.04. The Bertz CT molecular complexity index is 375. The molecule has 1 rings (SSSR count). The maximum absolute atomic E-state index is 10.2. The van der Waals surface area contributed by atoms with Gasteiger partial charge in [-0.05, 0) is 0 Å². The highest BCUT2D eigenvalue weighted by Gasteiger charge is 2.18. The van der Waals surface area contributed by atoms with Crippen LogP contribution in [-0.2, 0) is 0 Å². The van der Waals surface area contributed by atoms with Gasteiger partial charge in [-0.25, -0.2) is 0 Å². The second-order valence-electron chi connectivity index (χ2n) is 2.10. The van der Waals surface area contributed by atoms with Gasteiger partial charge in [-0.1, -0.05) is 0 Å². The third-order valence-corrected chi connectivity index (χ3v) is 1.29. The third-order valence-electron chi connectivity index (χ3n) is 1.29. The van der Waals surface area contributed by atoms with Gasteiger partial charge in [0.15, 0.2) is 5.75 Å². The van der Waals surface area contributed by atoms with E-state index in [-0.39, 0.29) is 0 Å². The topological polar surface area (TPSA) is 107 Å². The Kier molecular flexibility index (Phi) is 2.09. The fourth-order valence-corrected chi connectivity index (χ4v) is 0.713. The average molecular weight is 183 g/mol. The van der Waals surface area contributed by atoms with Crippen LogP contribution in [-0.4, -0.2) is 15.0 Å². The molecule has 0 heterocycles. The number of aromatic hydroxyl groups is 1. The van der Waals surface area contributed by atoms with E-state index in [2.05, 4.69) is 6.07 Å². The van der Waals surface area contributed by atoms with Crippen LogP contribution in [0.3, 0.4) is 0 Å². The minimum absolute atomic E-state index is 0.551. The third kappa shape index (κ3) is 1.70. The second-order valence-corrected chi connectivity index (χ2v) is 2.10. The normalized spacial score (nSPS) is 9.54. The Morgan fingerprint density at radius 1 is 1.31 bits per heavy atom. The first-order valence-electron chi connectivity index (χ1n) is 3.06. The van der Waals surface area contributed by atoms with Crippen LogP contribution in [0, 0.1) is 26.3 Å². The van der Waals surface area contributed by atoms with E-state index in [1.165, 1.54) is 0 Å². The molecule has 0 saturated heterocycles. The molecular weight excluding hydrogens is 180 g/mol. The standard InChI is InChI=1S/C6H3N2O5/c9-6-2-1-4(7(10)11)3-5(6)8(12)13/h2-3,9H. The van der Waals surface area contributed by atoms with E-state index < -0.39 is 27.0 Å². The van der Waals surface area contributed by atoms with E-state index in [1.807, 2.05) is 0 Å². The zero-order valence-electron chi connectivity index (χ0n) is 6.13. The number of benzene rings is 1. The maximum Gasteiger partial charge on any atom is 0.317 e. The zero-order chi connectivity index (χ0) is 10.0. The van der Waals surface area contributed by atoms with Crippen molar-refractivity contribution in [2.75, 3.05) is 0 Å². The number of nitrogens with zero attached hydrogens (tertiary/aromatic N) is 2. The molecule has 0 aromatic heterocycles. The van der Waals surface area contributed by atoms with Gasteiger partial charge in [-0.3, -0.25) is 20.2 Å². The SMILES string of the molecule is O=[N+]([O-])c1[c]cc(O)c([N+](=O)[O-])c1. The lowest BCUT2D eigenvalue weighted by atomic mass is 10.2. The molecule has 7 heteroatoms. The zero-order valence-corrected chi connectivity index (χ0v) is 6.13. The summed E-state index contributed by atoms with van der Waals surface area (Å²) in [7, 11) is 0. The van der Waals surface area contributed by atoms with Crippen molar-refractivity contribution in [1.29, 1.82) is 0 Å². The van der Waals surface area contributed by atoms with Crippen molar-refractivity contribution in [3.63, 3.8) is 0 Å². The van der Waals surface area contributed by atoms with E-state index in [4.69, 9.17) is 5.11 Å². The van der Waals surface area contributed by atoms with Crippen LogP contribution in [0.4, 0.5) is 11.4 Å². The fraction of sp³-hybridized carbons (Fsp3) is 0. The molecule has 0 bridgehead atoms. The molecule has 1 radical (unpaired) electrons. The molecular formula is C6H3N2O5. The number of non-ortho nitro benzene ring substituents is 1. The molecule has 13 heavy (non-hydrogen) atoms. The lowest BCUT2D eigenvalue weighted by Gasteiger charge is -1.94. The van der Waals surface area contributed by atoms with Gasteiger partial charge in [0.25, 0.3) is 5.69 Å². The summed E-state index contributed by atoms with van der Waals surface area (Å²) in [6.45, 7) is 0. The van der Waals surface area contributed by atoms with Crippen LogP contribution >= 0.6 is 0 Å². The predicted molar refractivity (Wildman–Crippen MR) is 40.3 cm³/mol. The van der Waals surface area contributed by atoms with Crippen molar-refractivity contribution in [3.05, 3.63) is 38.4 Å². The molecule has 67 valence electrons. The van der Waals surface area contributed by atoms with Gasteiger partial charge in [0.2, 0.25) is 0 Å². The van der Waals surface area contributed by atoms with E-state index >= 15 is 0 Å². The predicted octanol–water partition coefficient (Wildman–Crippen LogP) is 1.01. The van der Waals surface area contributed by atoms with Crippen molar-refractivity contribution in [1.82, 2.24) is 0 Å². The highest BCUT2D eigenvalue weighted by molar-refractivity contribution is 5.51. The summed E-state index contributed by atoms with van der Waals surface area (Å²) in [5.74, 6) is -0.643.